The summed E-state index contributed by atoms with van der Waals surface area (Å²) in [7, 11) is 0. The van der Waals surface area contributed by atoms with Crippen molar-refractivity contribution >= 4 is 11.8 Å². The van der Waals surface area contributed by atoms with Crippen molar-refractivity contribution < 1.29 is 9.59 Å². The van der Waals surface area contributed by atoms with Crippen LogP contribution in [-0.4, -0.2) is 24.9 Å². The highest BCUT2D eigenvalue weighted by Gasteiger charge is 2.11. The predicted molar refractivity (Wildman–Crippen MR) is 72.2 cm³/mol. The number of carbonyl (C=O) groups is 2. The summed E-state index contributed by atoms with van der Waals surface area (Å²) in [5, 5.41) is 5.33. The van der Waals surface area contributed by atoms with E-state index in [9.17, 15) is 9.59 Å². The summed E-state index contributed by atoms with van der Waals surface area (Å²) in [6.45, 7) is 1.23. The number of rotatable bonds is 0. The van der Waals surface area contributed by atoms with Gasteiger partial charge in [0.2, 0.25) is 0 Å². The Bertz CT molecular complexity index is 228. The third kappa shape index (κ3) is 7.30. The lowest BCUT2D eigenvalue weighted by Gasteiger charge is -2.08. The Kier molecular flexibility index (Phi) is 8.26. The standard InChI is InChI=1S/C14H26N2O2/c17-13-14(18)16-12-10-8-6-4-2-1-3-5-7-9-11-15-13/h1-12H2,(H,15,17)(H,16,18). The summed E-state index contributed by atoms with van der Waals surface area (Å²) in [6, 6.07) is 0. The first-order chi connectivity index (χ1) is 8.80. The van der Waals surface area contributed by atoms with E-state index in [0.717, 1.165) is 25.7 Å². The molecule has 0 aromatic heterocycles. The smallest absolute Gasteiger partial charge is 0.309 e. The third-order valence-electron chi connectivity index (χ3n) is 3.38. The molecule has 0 bridgehead atoms. The normalized spacial score (nSPS) is 22.0. The van der Waals surface area contributed by atoms with E-state index in [1.807, 2.05) is 0 Å². The first-order valence-electron chi connectivity index (χ1n) is 7.37. The van der Waals surface area contributed by atoms with Gasteiger partial charge in [0.05, 0.1) is 0 Å². The van der Waals surface area contributed by atoms with E-state index < -0.39 is 11.8 Å². The summed E-state index contributed by atoms with van der Waals surface area (Å²) in [5.74, 6) is -0.968. The topological polar surface area (TPSA) is 58.2 Å². The zero-order valence-corrected chi connectivity index (χ0v) is 11.3. The molecule has 2 amide bonds. The minimum Gasteiger partial charge on any atom is -0.348 e. The molecule has 0 saturated carbocycles. The molecule has 0 unspecified atom stereocenters. The van der Waals surface area contributed by atoms with Crippen LogP contribution in [-0.2, 0) is 9.59 Å². The van der Waals surface area contributed by atoms with Crippen LogP contribution >= 0.6 is 0 Å². The molecule has 0 radical (unpaired) electrons. The lowest BCUT2D eigenvalue weighted by atomic mass is 10.1. The highest BCUT2D eigenvalue weighted by molar-refractivity contribution is 6.35. The number of nitrogens with one attached hydrogen (secondary N) is 2. The second kappa shape index (κ2) is 9.92. The summed E-state index contributed by atoms with van der Waals surface area (Å²) >= 11 is 0. The fourth-order valence-corrected chi connectivity index (χ4v) is 2.23. The number of hydrogen-bond donors (Lipinski definition) is 2. The van der Waals surface area contributed by atoms with Crippen LogP contribution in [0, 0.1) is 0 Å². The molecule has 18 heavy (non-hydrogen) atoms. The van der Waals surface area contributed by atoms with E-state index in [1.54, 1.807) is 0 Å². The van der Waals surface area contributed by atoms with Gasteiger partial charge < -0.3 is 10.6 Å². The van der Waals surface area contributed by atoms with Crippen molar-refractivity contribution in [2.75, 3.05) is 13.1 Å². The van der Waals surface area contributed by atoms with E-state index in [2.05, 4.69) is 10.6 Å². The van der Waals surface area contributed by atoms with Gasteiger partial charge >= 0.3 is 11.8 Å². The second-order valence-corrected chi connectivity index (χ2v) is 5.05. The molecule has 1 aliphatic heterocycles. The maximum Gasteiger partial charge on any atom is 0.309 e. The van der Waals surface area contributed by atoms with Gasteiger partial charge in [-0.25, -0.2) is 0 Å². The van der Waals surface area contributed by atoms with Gasteiger partial charge in [0, 0.05) is 13.1 Å². The summed E-state index contributed by atoms with van der Waals surface area (Å²) in [6.07, 6.45) is 12.0. The Morgan fingerprint density at radius 1 is 0.500 bits per heavy atom. The summed E-state index contributed by atoms with van der Waals surface area (Å²) in [4.78, 5) is 22.8. The van der Waals surface area contributed by atoms with Gasteiger partial charge in [-0.15, -0.1) is 0 Å². The fourth-order valence-electron chi connectivity index (χ4n) is 2.23. The first-order valence-corrected chi connectivity index (χ1v) is 7.37. The molecular formula is C14H26N2O2. The molecule has 0 aromatic carbocycles. The maximum absolute atomic E-state index is 11.4. The van der Waals surface area contributed by atoms with Gasteiger partial charge in [-0.2, -0.15) is 0 Å². The van der Waals surface area contributed by atoms with Crippen LogP contribution in [0.5, 0.6) is 0 Å². The minimum atomic E-state index is -0.484. The molecule has 1 rings (SSSR count). The summed E-state index contributed by atoms with van der Waals surface area (Å²) in [5.41, 5.74) is 0. The van der Waals surface area contributed by atoms with Gasteiger partial charge in [0.25, 0.3) is 0 Å². The monoisotopic (exact) mass is 254 g/mol. The van der Waals surface area contributed by atoms with Crippen LogP contribution in [0.15, 0.2) is 0 Å². The Morgan fingerprint density at radius 2 is 0.778 bits per heavy atom. The van der Waals surface area contributed by atoms with Crippen molar-refractivity contribution in [2.24, 2.45) is 0 Å². The molecule has 4 nitrogen and oxygen atoms in total. The van der Waals surface area contributed by atoms with Gasteiger partial charge in [-0.3, -0.25) is 9.59 Å². The van der Waals surface area contributed by atoms with Crippen LogP contribution in [0.4, 0.5) is 0 Å². The molecule has 4 heteroatoms. The van der Waals surface area contributed by atoms with E-state index >= 15 is 0 Å². The van der Waals surface area contributed by atoms with Crippen LogP contribution in [0.3, 0.4) is 0 Å². The Balaban J connectivity index is 2.24. The van der Waals surface area contributed by atoms with Crippen molar-refractivity contribution in [2.45, 2.75) is 64.2 Å². The lowest BCUT2D eigenvalue weighted by molar-refractivity contribution is -0.139. The average Bonchev–Trinajstić information content (AvgIpc) is 2.37. The highest BCUT2D eigenvalue weighted by Crippen LogP contribution is 2.10. The van der Waals surface area contributed by atoms with Crippen LogP contribution in [0.2, 0.25) is 0 Å². The summed E-state index contributed by atoms with van der Waals surface area (Å²) < 4.78 is 0. The van der Waals surface area contributed by atoms with E-state index in [-0.39, 0.29) is 0 Å². The Morgan fingerprint density at radius 3 is 1.11 bits per heavy atom. The zero-order chi connectivity index (χ0) is 13.1. The van der Waals surface area contributed by atoms with Crippen molar-refractivity contribution in [3.05, 3.63) is 0 Å². The van der Waals surface area contributed by atoms with E-state index in [1.165, 1.54) is 38.5 Å². The number of amides is 2. The predicted octanol–water partition coefficient (Wildman–Crippen LogP) is 2.13. The molecular weight excluding hydrogens is 228 g/mol. The van der Waals surface area contributed by atoms with Crippen molar-refractivity contribution in [3.63, 3.8) is 0 Å². The third-order valence-corrected chi connectivity index (χ3v) is 3.38. The largest absolute Gasteiger partial charge is 0.348 e. The minimum absolute atomic E-state index is 0.484. The van der Waals surface area contributed by atoms with Crippen molar-refractivity contribution in [3.8, 4) is 0 Å². The Labute approximate surface area is 110 Å². The molecule has 1 aliphatic rings. The SMILES string of the molecule is O=C1NCCCCCCCCCCCCNC1=O. The lowest BCUT2D eigenvalue weighted by Crippen LogP contribution is -2.40. The van der Waals surface area contributed by atoms with Crippen molar-refractivity contribution in [1.29, 1.82) is 0 Å². The Hall–Kier alpha value is -1.06. The molecule has 1 fully saturated rings. The molecule has 0 aliphatic carbocycles. The van der Waals surface area contributed by atoms with Gasteiger partial charge in [0.1, 0.15) is 0 Å². The zero-order valence-electron chi connectivity index (χ0n) is 11.3. The number of carbonyl (C=O) groups excluding carboxylic acids is 2. The van der Waals surface area contributed by atoms with Crippen LogP contribution < -0.4 is 10.6 Å². The quantitative estimate of drug-likeness (QED) is 0.651. The molecule has 1 saturated heterocycles. The van der Waals surface area contributed by atoms with Gasteiger partial charge in [0.15, 0.2) is 0 Å². The van der Waals surface area contributed by atoms with Crippen molar-refractivity contribution in [1.82, 2.24) is 10.6 Å². The second-order valence-electron chi connectivity index (χ2n) is 5.05. The first kappa shape index (κ1) is 15.0. The molecule has 0 spiro atoms. The fraction of sp³-hybridized carbons (Fsp3) is 0.857. The average molecular weight is 254 g/mol. The van der Waals surface area contributed by atoms with Gasteiger partial charge in [-0.1, -0.05) is 51.4 Å². The van der Waals surface area contributed by atoms with E-state index in [0.29, 0.717) is 13.1 Å². The molecule has 2 N–H and O–H groups in total. The van der Waals surface area contributed by atoms with E-state index in [4.69, 9.17) is 0 Å². The highest BCUT2D eigenvalue weighted by atomic mass is 16.2. The molecule has 0 atom stereocenters. The maximum atomic E-state index is 11.4. The van der Waals surface area contributed by atoms with Crippen LogP contribution in [0.1, 0.15) is 64.2 Å². The molecule has 0 aromatic rings. The van der Waals surface area contributed by atoms with Crippen LogP contribution in [0.25, 0.3) is 0 Å². The molecule has 104 valence electrons. The number of hydrogen-bond acceptors (Lipinski definition) is 2. The van der Waals surface area contributed by atoms with Gasteiger partial charge in [-0.05, 0) is 12.8 Å². The molecule has 1 heterocycles.